The van der Waals surface area contributed by atoms with Crippen molar-refractivity contribution in [2.75, 3.05) is 63.9 Å². The molecule has 0 aromatic carbocycles. The van der Waals surface area contributed by atoms with Gasteiger partial charge in [-0.3, -0.25) is 14.6 Å². The summed E-state index contributed by atoms with van der Waals surface area (Å²) in [7, 11) is 0. The first-order valence-corrected chi connectivity index (χ1v) is 13.1. The van der Waals surface area contributed by atoms with Crippen LogP contribution in [0.4, 0.5) is 10.5 Å². The van der Waals surface area contributed by atoms with E-state index in [1.165, 1.54) is 12.1 Å². The van der Waals surface area contributed by atoms with E-state index in [2.05, 4.69) is 22.0 Å². The summed E-state index contributed by atoms with van der Waals surface area (Å²) in [5.74, 6) is -0.709. The molecule has 3 aliphatic heterocycles. The lowest BCUT2D eigenvalue weighted by molar-refractivity contribution is -0.148. The highest BCUT2D eigenvalue weighted by Crippen LogP contribution is 2.42. The summed E-state index contributed by atoms with van der Waals surface area (Å²) in [6, 6.07) is 4.21. The second kappa shape index (κ2) is 12.7. The van der Waals surface area contributed by atoms with Crippen molar-refractivity contribution in [3.63, 3.8) is 0 Å². The lowest BCUT2D eigenvalue weighted by Gasteiger charge is -2.41. The van der Waals surface area contributed by atoms with Crippen molar-refractivity contribution < 1.29 is 19.1 Å². The minimum atomic E-state index is -0.490. The second-order valence-electron chi connectivity index (χ2n) is 9.35. The molecule has 9 nitrogen and oxygen atoms in total. The van der Waals surface area contributed by atoms with Crippen LogP contribution in [-0.2, 0) is 14.3 Å². The Hall–Kier alpha value is -2.84. The summed E-state index contributed by atoms with van der Waals surface area (Å²) < 4.78 is 4.88. The van der Waals surface area contributed by atoms with E-state index in [1.54, 1.807) is 11.8 Å². The maximum absolute atomic E-state index is 13.2. The highest BCUT2D eigenvalue weighted by atomic mass is 16.5. The highest BCUT2D eigenvalue weighted by Gasteiger charge is 2.42. The number of hydrogen-bond acceptors (Lipinski definition) is 6. The maximum Gasteiger partial charge on any atom is 0.320 e. The number of hydrogen-bond donors (Lipinski definition) is 0. The molecule has 0 unspecified atom stereocenters. The number of rotatable bonds is 4. The van der Waals surface area contributed by atoms with Gasteiger partial charge >= 0.3 is 12.0 Å². The Morgan fingerprint density at radius 3 is 2.17 bits per heavy atom. The van der Waals surface area contributed by atoms with Crippen LogP contribution in [0.15, 0.2) is 24.5 Å². The second-order valence-corrected chi connectivity index (χ2v) is 9.35. The standard InChI is InChI=1S/C24H35N5O4.C2H6/c1-2-33-22(31)18-21(30)26-11-3-12-27(17-16-26)23(32)28-13-6-24(7-14-28)8-15-29(19-24)20-4-9-25-10-5-20;1-2/h4-5,9-10H,2-3,6-8,11-19H2,1H3;1-2H3. The van der Waals surface area contributed by atoms with Gasteiger partial charge in [0.05, 0.1) is 6.61 Å². The number of urea groups is 1. The molecular weight excluding hydrogens is 446 g/mol. The molecule has 9 heteroatoms. The van der Waals surface area contributed by atoms with Crippen LogP contribution in [0.2, 0.25) is 0 Å². The van der Waals surface area contributed by atoms with Crippen LogP contribution in [0, 0.1) is 5.41 Å². The van der Waals surface area contributed by atoms with E-state index in [-0.39, 0.29) is 30.4 Å². The van der Waals surface area contributed by atoms with Crippen molar-refractivity contribution in [3.8, 4) is 0 Å². The van der Waals surface area contributed by atoms with E-state index in [0.29, 0.717) is 26.2 Å². The molecular formula is C26H41N5O4. The third kappa shape index (κ3) is 6.86. The number of aromatic nitrogens is 1. The Morgan fingerprint density at radius 1 is 0.886 bits per heavy atom. The summed E-state index contributed by atoms with van der Waals surface area (Å²) in [6.07, 6.45) is 7.39. The number of ether oxygens (including phenoxy) is 1. The van der Waals surface area contributed by atoms with E-state index in [4.69, 9.17) is 4.74 Å². The van der Waals surface area contributed by atoms with E-state index in [0.717, 1.165) is 45.4 Å². The van der Waals surface area contributed by atoms with E-state index in [1.807, 2.05) is 36.0 Å². The number of carbonyl (C=O) groups excluding carboxylic acids is 3. The van der Waals surface area contributed by atoms with Crippen LogP contribution in [0.3, 0.4) is 0 Å². The molecule has 3 aliphatic rings. The van der Waals surface area contributed by atoms with E-state index >= 15 is 0 Å². The molecule has 35 heavy (non-hydrogen) atoms. The Kier molecular flexibility index (Phi) is 9.74. The van der Waals surface area contributed by atoms with Crippen LogP contribution >= 0.6 is 0 Å². The zero-order chi connectivity index (χ0) is 25.3. The van der Waals surface area contributed by atoms with Crippen LogP contribution in [0.5, 0.6) is 0 Å². The Balaban J connectivity index is 0.00000167. The number of amides is 3. The fraction of sp³-hybridized carbons (Fsp3) is 0.692. The molecule has 0 atom stereocenters. The molecule has 0 N–H and O–H groups in total. The van der Waals surface area contributed by atoms with Crippen molar-refractivity contribution in [2.24, 2.45) is 5.41 Å². The SMILES string of the molecule is CC.CCOC(=O)CC(=O)N1CCCN(C(=O)N2CCC3(CC2)CCN(c2ccncc2)C3)CC1. The van der Waals surface area contributed by atoms with Gasteiger partial charge in [0.1, 0.15) is 6.42 Å². The number of pyridine rings is 1. The molecule has 3 saturated heterocycles. The normalized spacial score (nSPS) is 19.6. The molecule has 3 fully saturated rings. The van der Waals surface area contributed by atoms with Crippen LogP contribution in [0.25, 0.3) is 0 Å². The van der Waals surface area contributed by atoms with Crippen molar-refractivity contribution in [2.45, 2.75) is 52.9 Å². The van der Waals surface area contributed by atoms with Gasteiger partial charge in [-0.15, -0.1) is 0 Å². The summed E-state index contributed by atoms with van der Waals surface area (Å²) >= 11 is 0. The molecule has 0 aliphatic carbocycles. The molecule has 0 bridgehead atoms. The summed E-state index contributed by atoms with van der Waals surface area (Å²) in [5, 5.41) is 0. The maximum atomic E-state index is 13.2. The third-order valence-electron chi connectivity index (χ3n) is 7.28. The fourth-order valence-corrected chi connectivity index (χ4v) is 5.30. The van der Waals surface area contributed by atoms with Crippen molar-refractivity contribution >= 4 is 23.6 Å². The van der Waals surface area contributed by atoms with Gasteiger partial charge in [0.2, 0.25) is 5.91 Å². The predicted octanol–water partition coefficient (Wildman–Crippen LogP) is 3.01. The van der Waals surface area contributed by atoms with Crippen LogP contribution < -0.4 is 4.90 Å². The first-order chi connectivity index (χ1) is 17.0. The molecule has 1 aromatic heterocycles. The minimum Gasteiger partial charge on any atom is -0.466 e. The topological polar surface area (TPSA) is 86.3 Å². The van der Waals surface area contributed by atoms with E-state index < -0.39 is 5.97 Å². The number of esters is 1. The van der Waals surface area contributed by atoms with Gasteiger partial charge in [0, 0.05) is 70.4 Å². The first kappa shape index (κ1) is 26.8. The zero-order valence-electron chi connectivity index (χ0n) is 21.6. The summed E-state index contributed by atoms with van der Waals surface area (Å²) in [5.41, 5.74) is 1.52. The van der Waals surface area contributed by atoms with Gasteiger partial charge in [-0.25, -0.2) is 4.79 Å². The Labute approximate surface area is 209 Å². The zero-order valence-corrected chi connectivity index (χ0v) is 21.6. The van der Waals surface area contributed by atoms with Gasteiger partial charge in [-0.2, -0.15) is 0 Å². The van der Waals surface area contributed by atoms with Crippen LogP contribution in [0.1, 0.15) is 52.9 Å². The first-order valence-electron chi connectivity index (χ1n) is 13.1. The smallest absolute Gasteiger partial charge is 0.320 e. The fourth-order valence-electron chi connectivity index (χ4n) is 5.30. The lowest BCUT2D eigenvalue weighted by atomic mass is 9.78. The van der Waals surface area contributed by atoms with Crippen LogP contribution in [-0.4, -0.2) is 96.6 Å². The quantitative estimate of drug-likeness (QED) is 0.479. The minimum absolute atomic E-state index is 0.0773. The van der Waals surface area contributed by atoms with Gasteiger partial charge in [0.25, 0.3) is 0 Å². The average molecular weight is 488 g/mol. The molecule has 4 heterocycles. The van der Waals surface area contributed by atoms with Gasteiger partial charge < -0.3 is 24.3 Å². The Bertz CT molecular complexity index is 841. The highest BCUT2D eigenvalue weighted by molar-refractivity contribution is 5.94. The van der Waals surface area contributed by atoms with Gasteiger partial charge in [-0.05, 0) is 50.2 Å². The van der Waals surface area contributed by atoms with Crippen molar-refractivity contribution in [1.82, 2.24) is 19.7 Å². The van der Waals surface area contributed by atoms with Crippen molar-refractivity contribution in [3.05, 3.63) is 24.5 Å². The number of piperidine rings is 1. The molecule has 4 rings (SSSR count). The van der Waals surface area contributed by atoms with Gasteiger partial charge in [0.15, 0.2) is 0 Å². The predicted molar refractivity (Wildman–Crippen MR) is 135 cm³/mol. The summed E-state index contributed by atoms with van der Waals surface area (Å²) in [4.78, 5) is 49.3. The third-order valence-corrected chi connectivity index (χ3v) is 7.28. The summed E-state index contributed by atoms with van der Waals surface area (Å²) in [6.45, 7) is 11.8. The average Bonchev–Trinajstić information content (AvgIpc) is 3.13. The van der Waals surface area contributed by atoms with E-state index in [9.17, 15) is 14.4 Å². The number of likely N-dealkylation sites (tertiary alicyclic amines) is 1. The molecule has 0 saturated carbocycles. The molecule has 1 spiro atoms. The Morgan fingerprint density at radius 2 is 1.49 bits per heavy atom. The van der Waals surface area contributed by atoms with Crippen molar-refractivity contribution in [1.29, 1.82) is 0 Å². The van der Waals surface area contributed by atoms with Gasteiger partial charge in [-0.1, -0.05) is 13.8 Å². The molecule has 1 aromatic rings. The largest absolute Gasteiger partial charge is 0.466 e. The lowest BCUT2D eigenvalue weighted by Crippen LogP contribution is -2.50. The number of nitrogens with zero attached hydrogens (tertiary/aromatic N) is 5. The molecule has 0 radical (unpaired) electrons. The number of anilines is 1. The molecule has 3 amide bonds. The molecule has 194 valence electrons. The monoisotopic (exact) mass is 487 g/mol. The number of carbonyl (C=O) groups is 3.